The number of carbonyl (C=O) groups is 2. The molecule has 29 heavy (non-hydrogen) atoms. The summed E-state index contributed by atoms with van der Waals surface area (Å²) in [4.78, 5) is 29.6. The quantitative estimate of drug-likeness (QED) is 0.780. The molecule has 6 heteroatoms. The van der Waals surface area contributed by atoms with Gasteiger partial charge >= 0.3 is 0 Å². The molecular weight excluding hydrogens is 368 g/mol. The van der Waals surface area contributed by atoms with Gasteiger partial charge in [-0.05, 0) is 56.1 Å². The van der Waals surface area contributed by atoms with Crippen molar-refractivity contribution in [3.05, 3.63) is 29.3 Å². The molecule has 0 N–H and O–H groups in total. The molecule has 3 fully saturated rings. The first-order chi connectivity index (χ1) is 14.0. The number of ether oxygens (including phenoxy) is 2. The predicted octanol–water partition coefficient (Wildman–Crippen LogP) is 3.03. The minimum atomic E-state index is 0.0449. The van der Waals surface area contributed by atoms with Crippen molar-refractivity contribution in [3.63, 3.8) is 0 Å². The SMILES string of the molecule is COc1c(C)cccc1C(=O)N1CCC2(CCC(=O)N(CC3CCCO3)C2)CC1. The van der Waals surface area contributed by atoms with E-state index in [4.69, 9.17) is 9.47 Å². The third kappa shape index (κ3) is 4.13. The summed E-state index contributed by atoms with van der Waals surface area (Å²) in [6.07, 6.45) is 5.79. The largest absolute Gasteiger partial charge is 0.496 e. The predicted molar refractivity (Wildman–Crippen MR) is 110 cm³/mol. The summed E-state index contributed by atoms with van der Waals surface area (Å²) >= 11 is 0. The second kappa shape index (κ2) is 8.34. The Hall–Kier alpha value is -2.08. The number of amides is 2. The Kier molecular flexibility index (Phi) is 5.81. The Morgan fingerprint density at radius 2 is 2.07 bits per heavy atom. The van der Waals surface area contributed by atoms with E-state index >= 15 is 0 Å². The monoisotopic (exact) mass is 400 g/mol. The highest BCUT2D eigenvalue weighted by molar-refractivity contribution is 5.97. The number of carbonyl (C=O) groups excluding carboxylic acids is 2. The fourth-order valence-corrected chi connectivity index (χ4v) is 5.16. The Bertz CT molecular complexity index is 764. The zero-order valence-electron chi connectivity index (χ0n) is 17.6. The zero-order chi connectivity index (χ0) is 20.4. The fraction of sp³-hybridized carbons (Fsp3) is 0.652. The highest BCUT2D eigenvalue weighted by Crippen LogP contribution is 2.41. The van der Waals surface area contributed by atoms with Gasteiger partial charge in [0.25, 0.3) is 5.91 Å². The maximum Gasteiger partial charge on any atom is 0.257 e. The molecule has 6 nitrogen and oxygen atoms in total. The van der Waals surface area contributed by atoms with Crippen molar-refractivity contribution in [1.82, 2.24) is 9.80 Å². The molecule has 0 bridgehead atoms. The number of para-hydroxylation sites is 1. The summed E-state index contributed by atoms with van der Waals surface area (Å²) in [6.45, 7) is 5.78. The van der Waals surface area contributed by atoms with Crippen LogP contribution in [0.4, 0.5) is 0 Å². The average Bonchev–Trinajstić information content (AvgIpc) is 3.24. The number of rotatable bonds is 4. The summed E-state index contributed by atoms with van der Waals surface area (Å²) < 4.78 is 11.2. The van der Waals surface area contributed by atoms with Crippen LogP contribution in [0.2, 0.25) is 0 Å². The van der Waals surface area contributed by atoms with E-state index in [2.05, 4.69) is 0 Å². The van der Waals surface area contributed by atoms with Gasteiger partial charge in [0.05, 0.1) is 18.8 Å². The number of likely N-dealkylation sites (tertiary alicyclic amines) is 2. The molecule has 1 atom stereocenters. The first-order valence-corrected chi connectivity index (χ1v) is 10.8. The van der Waals surface area contributed by atoms with Crippen LogP contribution < -0.4 is 4.74 Å². The van der Waals surface area contributed by atoms with E-state index in [1.165, 1.54) is 0 Å². The Balaban J connectivity index is 1.40. The van der Waals surface area contributed by atoms with Crippen LogP contribution in [0.25, 0.3) is 0 Å². The van der Waals surface area contributed by atoms with Crippen molar-refractivity contribution in [2.45, 2.75) is 51.6 Å². The minimum Gasteiger partial charge on any atom is -0.496 e. The van der Waals surface area contributed by atoms with Crippen LogP contribution in [-0.4, -0.2) is 67.6 Å². The van der Waals surface area contributed by atoms with Crippen LogP contribution in [0.1, 0.15) is 54.4 Å². The third-order valence-corrected chi connectivity index (χ3v) is 6.95. The van der Waals surface area contributed by atoms with Crippen molar-refractivity contribution >= 4 is 11.8 Å². The van der Waals surface area contributed by atoms with Crippen LogP contribution >= 0.6 is 0 Å². The molecule has 0 aliphatic carbocycles. The van der Waals surface area contributed by atoms with Crippen molar-refractivity contribution < 1.29 is 19.1 Å². The first kappa shape index (κ1) is 20.2. The van der Waals surface area contributed by atoms with Crippen molar-refractivity contribution in [2.24, 2.45) is 5.41 Å². The highest BCUT2D eigenvalue weighted by Gasteiger charge is 2.42. The minimum absolute atomic E-state index is 0.0449. The molecule has 3 saturated heterocycles. The van der Waals surface area contributed by atoms with Gasteiger partial charge in [-0.3, -0.25) is 9.59 Å². The van der Waals surface area contributed by atoms with Gasteiger partial charge in [-0.1, -0.05) is 12.1 Å². The van der Waals surface area contributed by atoms with Crippen LogP contribution in [0.3, 0.4) is 0 Å². The summed E-state index contributed by atoms with van der Waals surface area (Å²) in [5, 5.41) is 0. The number of piperidine rings is 2. The normalized spacial score (nSPS) is 24.2. The van der Waals surface area contributed by atoms with Gasteiger partial charge in [0, 0.05) is 39.2 Å². The number of hydrogen-bond donors (Lipinski definition) is 0. The van der Waals surface area contributed by atoms with Gasteiger partial charge in [-0.15, -0.1) is 0 Å². The molecular formula is C23H32N2O4. The standard InChI is InChI=1S/C23H32N2O4/c1-17-5-3-7-19(21(17)28-2)22(27)24-12-10-23(11-13-24)9-8-20(26)25(16-23)15-18-6-4-14-29-18/h3,5,7,18H,4,6,8-16H2,1-2H3. The molecule has 2 amide bonds. The van der Waals surface area contributed by atoms with E-state index in [0.29, 0.717) is 17.7 Å². The summed E-state index contributed by atoms with van der Waals surface area (Å²) in [5.74, 6) is 0.974. The molecule has 0 aromatic heterocycles. The lowest BCUT2D eigenvalue weighted by molar-refractivity contribution is -0.141. The van der Waals surface area contributed by atoms with Crippen molar-refractivity contribution in [2.75, 3.05) is 39.9 Å². The Morgan fingerprint density at radius 3 is 2.76 bits per heavy atom. The Labute approximate surface area is 173 Å². The van der Waals surface area contributed by atoms with Gasteiger partial charge < -0.3 is 19.3 Å². The first-order valence-electron chi connectivity index (χ1n) is 10.8. The molecule has 158 valence electrons. The third-order valence-electron chi connectivity index (χ3n) is 6.95. The van der Waals surface area contributed by atoms with Gasteiger partial charge in [0.1, 0.15) is 5.75 Å². The summed E-state index contributed by atoms with van der Waals surface area (Å²) in [5.41, 5.74) is 1.75. The number of hydrogen-bond acceptors (Lipinski definition) is 4. The van der Waals surface area contributed by atoms with E-state index in [-0.39, 0.29) is 23.3 Å². The molecule has 3 aliphatic rings. The number of nitrogens with zero attached hydrogens (tertiary/aromatic N) is 2. The molecule has 1 aromatic rings. The lowest BCUT2D eigenvalue weighted by Gasteiger charge is -2.47. The lowest BCUT2D eigenvalue weighted by Crippen LogP contribution is -2.53. The molecule has 0 saturated carbocycles. The molecule has 4 rings (SSSR count). The average molecular weight is 401 g/mol. The summed E-state index contributed by atoms with van der Waals surface area (Å²) in [6, 6.07) is 5.72. The van der Waals surface area contributed by atoms with Gasteiger partial charge in [0.15, 0.2) is 0 Å². The van der Waals surface area contributed by atoms with E-state index < -0.39 is 0 Å². The number of methoxy groups -OCH3 is 1. The second-order valence-electron chi connectivity index (χ2n) is 8.86. The van der Waals surface area contributed by atoms with Gasteiger partial charge in [-0.25, -0.2) is 0 Å². The van der Waals surface area contributed by atoms with Crippen LogP contribution in [0, 0.1) is 12.3 Å². The molecule has 3 heterocycles. The number of benzene rings is 1. The van der Waals surface area contributed by atoms with Gasteiger partial charge in [0.2, 0.25) is 5.91 Å². The smallest absolute Gasteiger partial charge is 0.257 e. The molecule has 3 aliphatic heterocycles. The molecule has 1 spiro atoms. The Morgan fingerprint density at radius 1 is 1.28 bits per heavy atom. The maximum absolute atomic E-state index is 13.1. The molecule has 0 radical (unpaired) electrons. The van der Waals surface area contributed by atoms with Crippen molar-refractivity contribution in [3.8, 4) is 5.75 Å². The topological polar surface area (TPSA) is 59.1 Å². The molecule has 1 aromatic carbocycles. The van der Waals surface area contributed by atoms with Crippen molar-refractivity contribution in [1.29, 1.82) is 0 Å². The van der Waals surface area contributed by atoms with Crippen LogP contribution in [0.15, 0.2) is 18.2 Å². The van der Waals surface area contributed by atoms with Gasteiger partial charge in [-0.2, -0.15) is 0 Å². The number of aryl methyl sites for hydroxylation is 1. The van der Waals surface area contributed by atoms with Crippen LogP contribution in [0.5, 0.6) is 5.75 Å². The fourth-order valence-electron chi connectivity index (χ4n) is 5.16. The van der Waals surface area contributed by atoms with E-state index in [9.17, 15) is 9.59 Å². The second-order valence-corrected chi connectivity index (χ2v) is 8.86. The molecule has 1 unspecified atom stereocenters. The van der Waals surface area contributed by atoms with E-state index in [0.717, 1.165) is 70.5 Å². The highest BCUT2D eigenvalue weighted by atomic mass is 16.5. The summed E-state index contributed by atoms with van der Waals surface area (Å²) in [7, 11) is 1.62. The van der Waals surface area contributed by atoms with Crippen LogP contribution in [-0.2, 0) is 9.53 Å². The van der Waals surface area contributed by atoms with E-state index in [1.54, 1.807) is 7.11 Å². The van der Waals surface area contributed by atoms with E-state index in [1.807, 2.05) is 34.9 Å². The maximum atomic E-state index is 13.1. The lowest BCUT2D eigenvalue weighted by atomic mass is 9.72. The zero-order valence-corrected chi connectivity index (χ0v) is 17.6.